The Balaban J connectivity index is 3.69. The number of esters is 1. The summed E-state index contributed by atoms with van der Waals surface area (Å²) in [6.07, 6.45) is 1.64. The monoisotopic (exact) mass is 194 g/mol. The van der Waals surface area contributed by atoms with E-state index >= 15 is 0 Å². The van der Waals surface area contributed by atoms with E-state index in [0.29, 0.717) is 25.9 Å². The summed E-state index contributed by atoms with van der Waals surface area (Å²) in [4.78, 5) is 10.9. The number of rotatable bonds is 6. The van der Waals surface area contributed by atoms with Crippen LogP contribution in [-0.2, 0) is 9.53 Å². The summed E-state index contributed by atoms with van der Waals surface area (Å²) >= 11 is 0. The zero-order chi connectivity index (χ0) is 10.8. The number of hydrogen-bond donors (Lipinski definition) is 0. The van der Waals surface area contributed by atoms with Crippen molar-refractivity contribution in [2.24, 2.45) is 5.92 Å². The highest BCUT2D eigenvalue weighted by Crippen LogP contribution is 2.12. The Morgan fingerprint density at radius 1 is 1.43 bits per heavy atom. The highest BCUT2D eigenvalue weighted by atomic mass is 16.5. The maximum absolute atomic E-state index is 10.9. The largest absolute Gasteiger partial charge is 0.466 e. The maximum Gasteiger partial charge on any atom is 0.305 e. The smallest absolute Gasteiger partial charge is 0.305 e. The van der Waals surface area contributed by atoms with Crippen molar-refractivity contribution in [1.29, 1.82) is 10.5 Å². The number of nitriles is 2. The first-order chi connectivity index (χ1) is 6.74. The standard InChI is InChI=1S/C10H14N2O2/c1-2-14-10(13)6-5-9(8-12)4-3-7-11/h9H,2-6H2,1H3. The molecule has 0 rings (SSSR count). The Morgan fingerprint density at radius 3 is 2.64 bits per heavy atom. The van der Waals surface area contributed by atoms with E-state index in [2.05, 4.69) is 6.07 Å². The molecule has 0 aliphatic rings. The Hall–Kier alpha value is -1.55. The van der Waals surface area contributed by atoms with Crippen molar-refractivity contribution in [3.8, 4) is 12.1 Å². The molecule has 76 valence electrons. The SMILES string of the molecule is CCOC(=O)CCC(C#N)CCC#N. The molecule has 0 amide bonds. The molecule has 0 fully saturated rings. The first kappa shape index (κ1) is 12.4. The Bertz CT molecular complexity index is 250. The molecule has 4 nitrogen and oxygen atoms in total. The van der Waals surface area contributed by atoms with Gasteiger partial charge in [0, 0.05) is 18.8 Å². The van der Waals surface area contributed by atoms with Gasteiger partial charge in [0.1, 0.15) is 0 Å². The van der Waals surface area contributed by atoms with Gasteiger partial charge >= 0.3 is 5.97 Å². The van der Waals surface area contributed by atoms with Gasteiger partial charge in [-0.2, -0.15) is 10.5 Å². The molecule has 0 radical (unpaired) electrons. The van der Waals surface area contributed by atoms with Gasteiger partial charge in [-0.25, -0.2) is 0 Å². The molecule has 0 N–H and O–H groups in total. The number of carbonyl (C=O) groups excluding carboxylic acids is 1. The van der Waals surface area contributed by atoms with E-state index in [4.69, 9.17) is 15.3 Å². The third kappa shape index (κ3) is 6.02. The van der Waals surface area contributed by atoms with Crippen LogP contribution in [0.15, 0.2) is 0 Å². The van der Waals surface area contributed by atoms with Gasteiger partial charge in [-0.15, -0.1) is 0 Å². The van der Waals surface area contributed by atoms with Gasteiger partial charge in [0.05, 0.1) is 18.7 Å². The van der Waals surface area contributed by atoms with Gasteiger partial charge in [0.2, 0.25) is 0 Å². The number of nitrogens with zero attached hydrogens (tertiary/aromatic N) is 2. The van der Waals surface area contributed by atoms with Crippen molar-refractivity contribution in [2.45, 2.75) is 32.6 Å². The van der Waals surface area contributed by atoms with Crippen LogP contribution < -0.4 is 0 Å². The number of hydrogen-bond acceptors (Lipinski definition) is 4. The average Bonchev–Trinajstić information content (AvgIpc) is 2.19. The minimum Gasteiger partial charge on any atom is -0.466 e. The van der Waals surface area contributed by atoms with Crippen molar-refractivity contribution < 1.29 is 9.53 Å². The molecule has 14 heavy (non-hydrogen) atoms. The van der Waals surface area contributed by atoms with Gasteiger partial charge in [0.15, 0.2) is 0 Å². The summed E-state index contributed by atoms with van der Waals surface area (Å²) in [6.45, 7) is 2.11. The van der Waals surface area contributed by atoms with Crippen LogP contribution in [0, 0.1) is 28.6 Å². The summed E-state index contributed by atoms with van der Waals surface area (Å²) < 4.78 is 4.73. The second kappa shape index (κ2) is 8.07. The molecule has 0 spiro atoms. The Kier molecular flexibility index (Phi) is 7.17. The highest BCUT2D eigenvalue weighted by molar-refractivity contribution is 5.69. The van der Waals surface area contributed by atoms with Crippen LogP contribution >= 0.6 is 0 Å². The predicted octanol–water partition coefficient (Wildman–Crippen LogP) is 1.77. The van der Waals surface area contributed by atoms with Crippen LogP contribution in [0.1, 0.15) is 32.6 Å². The molecule has 1 atom stereocenters. The lowest BCUT2D eigenvalue weighted by Crippen LogP contribution is -2.07. The normalized spacial score (nSPS) is 11.1. The van der Waals surface area contributed by atoms with Crippen molar-refractivity contribution in [3.05, 3.63) is 0 Å². The summed E-state index contributed by atoms with van der Waals surface area (Å²) in [5.41, 5.74) is 0. The average molecular weight is 194 g/mol. The van der Waals surface area contributed by atoms with Gasteiger partial charge < -0.3 is 4.74 Å². The van der Waals surface area contributed by atoms with E-state index in [0.717, 1.165) is 0 Å². The lowest BCUT2D eigenvalue weighted by atomic mass is 10.00. The predicted molar refractivity (Wildman–Crippen MR) is 49.8 cm³/mol. The zero-order valence-electron chi connectivity index (χ0n) is 8.32. The second-order valence-corrected chi connectivity index (χ2v) is 2.87. The summed E-state index contributed by atoms with van der Waals surface area (Å²) in [5.74, 6) is -0.483. The van der Waals surface area contributed by atoms with Crippen LogP contribution in [0.2, 0.25) is 0 Å². The lowest BCUT2D eigenvalue weighted by Gasteiger charge is -2.05. The second-order valence-electron chi connectivity index (χ2n) is 2.87. The molecule has 0 aliphatic carbocycles. The van der Waals surface area contributed by atoms with E-state index in [1.807, 2.05) is 6.07 Å². The number of ether oxygens (including phenoxy) is 1. The summed E-state index contributed by atoms with van der Waals surface area (Å²) in [6, 6.07) is 4.05. The molecule has 1 unspecified atom stereocenters. The van der Waals surface area contributed by atoms with Crippen LogP contribution in [0.4, 0.5) is 0 Å². The van der Waals surface area contributed by atoms with E-state index in [-0.39, 0.29) is 18.3 Å². The lowest BCUT2D eigenvalue weighted by molar-refractivity contribution is -0.143. The van der Waals surface area contributed by atoms with Crippen molar-refractivity contribution in [2.75, 3.05) is 6.61 Å². The molecule has 0 aromatic rings. The van der Waals surface area contributed by atoms with E-state index in [9.17, 15) is 4.79 Å². The maximum atomic E-state index is 10.9. The third-order valence-corrected chi connectivity index (χ3v) is 1.79. The fraction of sp³-hybridized carbons (Fsp3) is 0.700. The molecule has 0 saturated carbocycles. The molecule has 4 heteroatoms. The van der Waals surface area contributed by atoms with Gasteiger partial charge in [-0.3, -0.25) is 4.79 Å². The first-order valence-corrected chi connectivity index (χ1v) is 4.66. The number of carbonyl (C=O) groups is 1. The van der Waals surface area contributed by atoms with E-state index < -0.39 is 0 Å². The van der Waals surface area contributed by atoms with E-state index in [1.54, 1.807) is 6.92 Å². The zero-order valence-corrected chi connectivity index (χ0v) is 8.32. The summed E-state index contributed by atoms with van der Waals surface area (Å²) in [5, 5.41) is 17.0. The molecule has 0 aliphatic heterocycles. The Morgan fingerprint density at radius 2 is 2.14 bits per heavy atom. The highest BCUT2D eigenvalue weighted by Gasteiger charge is 2.10. The molecular weight excluding hydrogens is 180 g/mol. The molecule has 0 aromatic carbocycles. The van der Waals surface area contributed by atoms with Crippen molar-refractivity contribution in [1.82, 2.24) is 0 Å². The van der Waals surface area contributed by atoms with Gasteiger partial charge in [-0.1, -0.05) is 0 Å². The van der Waals surface area contributed by atoms with Crippen LogP contribution in [0.5, 0.6) is 0 Å². The third-order valence-electron chi connectivity index (χ3n) is 1.79. The van der Waals surface area contributed by atoms with Gasteiger partial charge in [-0.05, 0) is 19.8 Å². The van der Waals surface area contributed by atoms with Crippen LogP contribution in [-0.4, -0.2) is 12.6 Å². The summed E-state index contributed by atoms with van der Waals surface area (Å²) in [7, 11) is 0. The molecule has 0 bridgehead atoms. The molecule has 0 saturated heterocycles. The fourth-order valence-corrected chi connectivity index (χ4v) is 1.04. The Labute approximate surface area is 84.1 Å². The van der Waals surface area contributed by atoms with E-state index in [1.165, 1.54) is 0 Å². The quantitative estimate of drug-likeness (QED) is 0.604. The van der Waals surface area contributed by atoms with Crippen LogP contribution in [0.25, 0.3) is 0 Å². The minimum atomic E-state index is -0.273. The molecule has 0 aromatic heterocycles. The molecular formula is C10H14N2O2. The van der Waals surface area contributed by atoms with Crippen LogP contribution in [0.3, 0.4) is 0 Å². The first-order valence-electron chi connectivity index (χ1n) is 4.66. The van der Waals surface area contributed by atoms with Crippen molar-refractivity contribution in [3.63, 3.8) is 0 Å². The van der Waals surface area contributed by atoms with Gasteiger partial charge in [0.25, 0.3) is 0 Å². The topological polar surface area (TPSA) is 73.9 Å². The minimum absolute atomic E-state index is 0.209. The molecule has 0 heterocycles. The fourth-order valence-electron chi connectivity index (χ4n) is 1.04. The van der Waals surface area contributed by atoms with Crippen molar-refractivity contribution >= 4 is 5.97 Å².